The first-order valence-electron chi connectivity index (χ1n) is 7.79. The van der Waals surface area contributed by atoms with Crippen LogP contribution in [-0.2, 0) is 4.74 Å². The number of nitrogens with zero attached hydrogens (tertiary/aromatic N) is 3. The first-order chi connectivity index (χ1) is 11.0. The maximum absolute atomic E-state index is 11.6. The largest absolute Gasteiger partial charge is 0.372 e. The summed E-state index contributed by atoms with van der Waals surface area (Å²) in [6.45, 7) is 9.63. The standard InChI is InChI=1S/C17H21N3O2S/c1-10-7-20(8-11(2)22-10)16-6-5-14(19-15(16)9-21)17-12(3)23-13(4)18-17/h5-6,9-11H,7-8H2,1-4H3/t10-,11+. The van der Waals surface area contributed by atoms with Gasteiger partial charge in [0, 0.05) is 18.0 Å². The van der Waals surface area contributed by atoms with Crippen molar-refractivity contribution in [2.24, 2.45) is 0 Å². The third kappa shape index (κ3) is 3.28. The van der Waals surface area contributed by atoms with Gasteiger partial charge in [0.1, 0.15) is 11.4 Å². The molecule has 0 spiro atoms. The van der Waals surface area contributed by atoms with E-state index >= 15 is 0 Å². The van der Waals surface area contributed by atoms with Gasteiger partial charge in [0.15, 0.2) is 6.29 Å². The van der Waals surface area contributed by atoms with Crippen LogP contribution < -0.4 is 4.90 Å². The molecule has 5 nitrogen and oxygen atoms in total. The van der Waals surface area contributed by atoms with Crippen molar-refractivity contribution in [2.45, 2.75) is 39.9 Å². The van der Waals surface area contributed by atoms with E-state index in [1.807, 2.05) is 39.8 Å². The number of aryl methyl sites for hydroxylation is 2. The van der Waals surface area contributed by atoms with Gasteiger partial charge in [-0.3, -0.25) is 4.79 Å². The fraction of sp³-hybridized carbons (Fsp3) is 0.471. The number of aldehydes is 1. The minimum absolute atomic E-state index is 0.140. The van der Waals surface area contributed by atoms with Crippen LogP contribution in [0, 0.1) is 13.8 Å². The van der Waals surface area contributed by atoms with Crippen LogP contribution in [0.15, 0.2) is 12.1 Å². The molecule has 3 rings (SSSR count). The number of hydrogen-bond donors (Lipinski definition) is 0. The Balaban J connectivity index is 1.97. The molecule has 1 aliphatic heterocycles. The van der Waals surface area contributed by atoms with Crippen molar-refractivity contribution in [1.82, 2.24) is 9.97 Å². The van der Waals surface area contributed by atoms with Gasteiger partial charge in [-0.2, -0.15) is 0 Å². The lowest BCUT2D eigenvalue weighted by Gasteiger charge is -2.37. The first-order valence-corrected chi connectivity index (χ1v) is 8.60. The van der Waals surface area contributed by atoms with Gasteiger partial charge < -0.3 is 9.64 Å². The number of carbonyl (C=O) groups is 1. The Hall–Kier alpha value is -1.79. The first kappa shape index (κ1) is 16.1. The molecule has 0 amide bonds. The summed E-state index contributed by atoms with van der Waals surface area (Å²) in [5.41, 5.74) is 2.96. The summed E-state index contributed by atoms with van der Waals surface area (Å²) in [6, 6.07) is 3.93. The molecular formula is C17H21N3O2S. The van der Waals surface area contributed by atoms with Crippen LogP contribution >= 0.6 is 11.3 Å². The van der Waals surface area contributed by atoms with Crippen LogP contribution in [0.4, 0.5) is 5.69 Å². The Morgan fingerprint density at radius 1 is 1.22 bits per heavy atom. The van der Waals surface area contributed by atoms with E-state index in [9.17, 15) is 4.79 Å². The second kappa shape index (κ2) is 6.37. The zero-order chi connectivity index (χ0) is 16.6. The molecule has 122 valence electrons. The Kier molecular flexibility index (Phi) is 4.46. The van der Waals surface area contributed by atoms with Gasteiger partial charge in [-0.25, -0.2) is 9.97 Å². The Labute approximate surface area is 140 Å². The van der Waals surface area contributed by atoms with E-state index in [2.05, 4.69) is 14.9 Å². The van der Waals surface area contributed by atoms with Crippen molar-refractivity contribution in [3.8, 4) is 11.4 Å². The Bertz CT molecular complexity index is 719. The van der Waals surface area contributed by atoms with Crippen LogP contribution in [0.1, 0.15) is 34.2 Å². The normalized spacial score (nSPS) is 21.5. The minimum atomic E-state index is 0.140. The number of morpholine rings is 1. The second-order valence-electron chi connectivity index (χ2n) is 6.02. The molecule has 0 aromatic carbocycles. The number of thiazole rings is 1. The summed E-state index contributed by atoms with van der Waals surface area (Å²) in [5, 5.41) is 1.01. The lowest BCUT2D eigenvalue weighted by molar-refractivity contribution is -0.00527. The summed E-state index contributed by atoms with van der Waals surface area (Å²) in [4.78, 5) is 23.9. The SMILES string of the molecule is Cc1nc(-c2ccc(N3C[C@@H](C)O[C@@H](C)C3)c(C=O)n2)c(C)s1. The van der Waals surface area contributed by atoms with Crippen LogP contribution in [0.3, 0.4) is 0 Å². The molecule has 0 bridgehead atoms. The maximum atomic E-state index is 11.6. The van der Waals surface area contributed by atoms with Crippen LogP contribution in [0.2, 0.25) is 0 Å². The van der Waals surface area contributed by atoms with Gasteiger partial charge in [-0.1, -0.05) is 0 Å². The van der Waals surface area contributed by atoms with Crippen molar-refractivity contribution >= 4 is 23.3 Å². The van der Waals surface area contributed by atoms with Crippen LogP contribution in [0.25, 0.3) is 11.4 Å². The average Bonchev–Trinajstić information content (AvgIpc) is 2.84. The van der Waals surface area contributed by atoms with Crippen molar-refractivity contribution in [3.63, 3.8) is 0 Å². The summed E-state index contributed by atoms with van der Waals surface area (Å²) in [7, 11) is 0. The maximum Gasteiger partial charge on any atom is 0.170 e. The van der Waals surface area contributed by atoms with E-state index in [1.54, 1.807) is 11.3 Å². The third-order valence-electron chi connectivity index (χ3n) is 3.92. The number of hydrogen-bond acceptors (Lipinski definition) is 6. The minimum Gasteiger partial charge on any atom is -0.372 e. The highest BCUT2D eigenvalue weighted by atomic mass is 32.1. The zero-order valence-corrected chi connectivity index (χ0v) is 14.7. The molecule has 3 heterocycles. The molecule has 0 saturated carbocycles. The summed E-state index contributed by atoms with van der Waals surface area (Å²) in [5.74, 6) is 0. The molecule has 2 aromatic heterocycles. The van der Waals surface area contributed by atoms with Crippen molar-refractivity contribution in [1.29, 1.82) is 0 Å². The lowest BCUT2D eigenvalue weighted by Crippen LogP contribution is -2.45. The van der Waals surface area contributed by atoms with Gasteiger partial charge >= 0.3 is 0 Å². The number of ether oxygens (including phenoxy) is 1. The predicted molar refractivity (Wildman–Crippen MR) is 92.4 cm³/mol. The molecule has 2 aromatic rings. The monoisotopic (exact) mass is 331 g/mol. The zero-order valence-electron chi connectivity index (χ0n) is 13.9. The molecule has 23 heavy (non-hydrogen) atoms. The second-order valence-corrected chi connectivity index (χ2v) is 7.43. The number of pyridine rings is 1. The fourth-order valence-electron chi connectivity index (χ4n) is 3.09. The van der Waals surface area contributed by atoms with Crippen LogP contribution in [0.5, 0.6) is 0 Å². The highest BCUT2D eigenvalue weighted by molar-refractivity contribution is 7.11. The molecule has 1 aliphatic rings. The summed E-state index contributed by atoms with van der Waals surface area (Å²) in [6.07, 6.45) is 1.11. The molecule has 0 unspecified atom stereocenters. The van der Waals surface area contributed by atoms with E-state index in [0.29, 0.717) is 5.69 Å². The fourth-order valence-corrected chi connectivity index (χ4v) is 3.92. The van der Waals surface area contributed by atoms with Gasteiger partial charge in [-0.15, -0.1) is 11.3 Å². The van der Waals surface area contributed by atoms with Gasteiger partial charge in [0.05, 0.1) is 28.6 Å². The summed E-state index contributed by atoms with van der Waals surface area (Å²) < 4.78 is 5.76. The molecule has 1 fully saturated rings. The molecule has 0 radical (unpaired) electrons. The van der Waals surface area contributed by atoms with E-state index in [4.69, 9.17) is 4.74 Å². The topological polar surface area (TPSA) is 55.3 Å². The number of rotatable bonds is 3. The number of carbonyl (C=O) groups excluding carboxylic acids is 1. The Morgan fingerprint density at radius 3 is 2.48 bits per heavy atom. The average molecular weight is 331 g/mol. The third-order valence-corrected chi connectivity index (χ3v) is 4.81. The van der Waals surface area contributed by atoms with E-state index < -0.39 is 0 Å². The number of anilines is 1. The van der Waals surface area contributed by atoms with Crippen molar-refractivity contribution < 1.29 is 9.53 Å². The van der Waals surface area contributed by atoms with Crippen molar-refractivity contribution in [2.75, 3.05) is 18.0 Å². The van der Waals surface area contributed by atoms with E-state index in [-0.39, 0.29) is 12.2 Å². The quantitative estimate of drug-likeness (QED) is 0.808. The smallest absolute Gasteiger partial charge is 0.170 e. The Morgan fingerprint density at radius 2 is 1.91 bits per heavy atom. The molecule has 2 atom stereocenters. The molecule has 0 aliphatic carbocycles. The molecule has 0 N–H and O–H groups in total. The highest BCUT2D eigenvalue weighted by Gasteiger charge is 2.25. The predicted octanol–water partition coefficient (Wildman–Crippen LogP) is 3.25. The van der Waals surface area contributed by atoms with E-state index in [0.717, 1.165) is 46.3 Å². The summed E-state index contributed by atoms with van der Waals surface area (Å²) >= 11 is 1.64. The molecule has 6 heteroatoms. The number of aromatic nitrogens is 2. The van der Waals surface area contributed by atoms with E-state index in [1.165, 1.54) is 0 Å². The van der Waals surface area contributed by atoms with Crippen molar-refractivity contribution in [3.05, 3.63) is 27.7 Å². The highest BCUT2D eigenvalue weighted by Crippen LogP contribution is 2.29. The molecular weight excluding hydrogens is 310 g/mol. The van der Waals surface area contributed by atoms with Gasteiger partial charge in [0.2, 0.25) is 0 Å². The van der Waals surface area contributed by atoms with Crippen LogP contribution in [-0.4, -0.2) is 41.6 Å². The molecule has 1 saturated heterocycles. The lowest BCUT2D eigenvalue weighted by atomic mass is 10.1. The van der Waals surface area contributed by atoms with Gasteiger partial charge in [0.25, 0.3) is 0 Å². The van der Waals surface area contributed by atoms with Gasteiger partial charge in [-0.05, 0) is 39.8 Å².